The van der Waals surface area contributed by atoms with Gasteiger partial charge in [0.25, 0.3) is 0 Å². The largest absolute Gasteiger partial charge is 0.481 e. The van der Waals surface area contributed by atoms with Crippen LogP contribution >= 0.6 is 0 Å². The number of aliphatic hydroxyl groups excluding tert-OH is 1. The Bertz CT molecular complexity index is 741. The van der Waals surface area contributed by atoms with Gasteiger partial charge in [-0.05, 0) is 90.9 Å². The highest BCUT2D eigenvalue weighted by molar-refractivity contribution is 5.91. The summed E-state index contributed by atoms with van der Waals surface area (Å²) in [6.45, 7) is 9.31. The molecule has 3 fully saturated rings. The zero-order valence-electron chi connectivity index (χ0n) is 18.5. The van der Waals surface area contributed by atoms with Gasteiger partial charge in [0.15, 0.2) is 5.78 Å². The average Bonchev–Trinajstić information content (AvgIpc) is 3.03. The first-order valence-corrected chi connectivity index (χ1v) is 11.7. The molecule has 0 aromatic carbocycles. The number of allylic oxidation sites excluding steroid dienone is 1. The number of aliphatic carboxylic acids is 1. The maximum atomic E-state index is 12.1. The van der Waals surface area contributed by atoms with Gasteiger partial charge < -0.3 is 10.2 Å². The average molecular weight is 403 g/mol. The summed E-state index contributed by atoms with van der Waals surface area (Å²) in [5.74, 6) is 1.14. The van der Waals surface area contributed by atoms with E-state index >= 15 is 0 Å². The predicted molar refractivity (Wildman–Crippen MR) is 112 cm³/mol. The molecule has 0 bridgehead atoms. The van der Waals surface area contributed by atoms with Gasteiger partial charge in [-0.2, -0.15) is 0 Å². The highest BCUT2D eigenvalue weighted by atomic mass is 16.4. The third-order valence-corrected chi connectivity index (χ3v) is 10.2. The van der Waals surface area contributed by atoms with Crippen molar-refractivity contribution in [3.8, 4) is 0 Å². The van der Waals surface area contributed by atoms with Crippen LogP contribution in [0.3, 0.4) is 0 Å². The highest BCUT2D eigenvalue weighted by Gasteiger charge is 2.67. The number of carbonyl (C=O) groups excluding carboxylic acids is 1. The fourth-order valence-electron chi connectivity index (χ4n) is 8.66. The van der Waals surface area contributed by atoms with Crippen LogP contribution in [0, 0.1) is 39.9 Å². The van der Waals surface area contributed by atoms with Crippen LogP contribution in [-0.2, 0) is 9.59 Å². The summed E-state index contributed by atoms with van der Waals surface area (Å²) in [6, 6.07) is 0. The van der Waals surface area contributed by atoms with Crippen molar-refractivity contribution in [2.75, 3.05) is 0 Å². The molecule has 4 heteroatoms. The minimum absolute atomic E-state index is 0.0379. The van der Waals surface area contributed by atoms with Crippen molar-refractivity contribution in [2.24, 2.45) is 39.9 Å². The second kappa shape index (κ2) is 6.93. The Labute approximate surface area is 175 Å². The van der Waals surface area contributed by atoms with E-state index < -0.39 is 5.97 Å². The van der Waals surface area contributed by atoms with E-state index in [2.05, 4.69) is 27.7 Å². The summed E-state index contributed by atoms with van der Waals surface area (Å²) in [6.07, 6.45) is 9.22. The van der Waals surface area contributed by atoms with Crippen LogP contribution < -0.4 is 0 Å². The van der Waals surface area contributed by atoms with Crippen molar-refractivity contribution in [3.63, 3.8) is 0 Å². The van der Waals surface area contributed by atoms with Crippen LogP contribution in [0.5, 0.6) is 0 Å². The second-order valence-corrected chi connectivity index (χ2v) is 11.4. The summed E-state index contributed by atoms with van der Waals surface area (Å²) in [5, 5.41) is 20.7. The van der Waals surface area contributed by atoms with Crippen LogP contribution in [0.4, 0.5) is 0 Å². The molecule has 0 aromatic heterocycles. The van der Waals surface area contributed by atoms with Crippen LogP contribution in [0.15, 0.2) is 11.6 Å². The third-order valence-electron chi connectivity index (χ3n) is 10.2. The molecule has 4 aliphatic carbocycles. The lowest BCUT2D eigenvalue weighted by Gasteiger charge is -2.65. The Morgan fingerprint density at radius 3 is 2.59 bits per heavy atom. The molecular weight excluding hydrogens is 364 g/mol. The minimum Gasteiger partial charge on any atom is -0.481 e. The van der Waals surface area contributed by atoms with Gasteiger partial charge in [0.1, 0.15) is 0 Å². The van der Waals surface area contributed by atoms with E-state index in [0.717, 1.165) is 38.5 Å². The molecule has 3 saturated carbocycles. The number of hydrogen-bond donors (Lipinski definition) is 2. The van der Waals surface area contributed by atoms with Crippen molar-refractivity contribution in [1.29, 1.82) is 0 Å². The molecule has 0 radical (unpaired) electrons. The standard InChI is InChI=1S/C25H38O4/c1-15(5-8-22(28)29)18-6-7-19-24(3)11-9-16-13-17(26)10-12-23(16,2)20(24)14-21(27)25(18,19)4/h13,15,18-21,27H,5-12,14H2,1-4H3,(H,28,29)/t15-,18-,19+,20-,21+,23+,24+,25-/m1/s1. The fourth-order valence-corrected chi connectivity index (χ4v) is 8.66. The lowest BCUT2D eigenvalue weighted by molar-refractivity contribution is -0.180. The predicted octanol–water partition coefficient (Wildman–Crippen LogP) is 5.00. The molecule has 162 valence electrons. The van der Waals surface area contributed by atoms with Crippen LogP contribution in [-0.4, -0.2) is 28.1 Å². The van der Waals surface area contributed by atoms with Crippen LogP contribution in [0.1, 0.15) is 85.5 Å². The van der Waals surface area contributed by atoms with E-state index in [9.17, 15) is 14.7 Å². The molecular formula is C25H38O4. The molecule has 2 N–H and O–H groups in total. The van der Waals surface area contributed by atoms with E-state index in [1.165, 1.54) is 5.57 Å². The molecule has 4 nitrogen and oxygen atoms in total. The number of ketones is 1. The molecule has 29 heavy (non-hydrogen) atoms. The van der Waals surface area contributed by atoms with Crippen molar-refractivity contribution < 1.29 is 19.8 Å². The van der Waals surface area contributed by atoms with Gasteiger partial charge in [-0.15, -0.1) is 0 Å². The summed E-state index contributed by atoms with van der Waals surface area (Å²) < 4.78 is 0. The Morgan fingerprint density at radius 1 is 1.17 bits per heavy atom. The van der Waals surface area contributed by atoms with E-state index in [0.29, 0.717) is 36.5 Å². The maximum absolute atomic E-state index is 12.1. The molecule has 4 aliphatic rings. The molecule has 4 rings (SSSR count). The normalized spacial score (nSPS) is 47.6. The van der Waals surface area contributed by atoms with Crippen molar-refractivity contribution in [1.82, 2.24) is 0 Å². The number of carboxylic acid groups (broad SMARTS) is 1. The molecule has 0 saturated heterocycles. The Morgan fingerprint density at radius 2 is 1.90 bits per heavy atom. The summed E-state index contributed by atoms with van der Waals surface area (Å²) in [5.41, 5.74) is 1.42. The van der Waals surface area contributed by atoms with Crippen molar-refractivity contribution in [3.05, 3.63) is 11.6 Å². The number of rotatable bonds is 4. The highest BCUT2D eigenvalue weighted by Crippen LogP contribution is 2.72. The zero-order chi connectivity index (χ0) is 21.2. The monoisotopic (exact) mass is 402 g/mol. The summed E-state index contributed by atoms with van der Waals surface area (Å²) in [4.78, 5) is 23.2. The van der Waals surface area contributed by atoms with Crippen LogP contribution in [0.2, 0.25) is 0 Å². The van der Waals surface area contributed by atoms with E-state index in [1.807, 2.05) is 6.08 Å². The lowest BCUT2D eigenvalue weighted by atomic mass is 9.40. The van der Waals surface area contributed by atoms with Gasteiger partial charge in [0.05, 0.1) is 6.10 Å². The first-order chi connectivity index (χ1) is 13.5. The van der Waals surface area contributed by atoms with Gasteiger partial charge in [-0.3, -0.25) is 9.59 Å². The van der Waals surface area contributed by atoms with E-state index in [4.69, 9.17) is 5.11 Å². The topological polar surface area (TPSA) is 74.6 Å². The molecule has 0 spiro atoms. The quantitative estimate of drug-likeness (QED) is 0.694. The Hall–Kier alpha value is -1.16. The Kier molecular flexibility index (Phi) is 5.04. The minimum atomic E-state index is -0.723. The molecule has 0 aliphatic heterocycles. The molecule has 0 aromatic rings. The number of carboxylic acids is 1. The summed E-state index contributed by atoms with van der Waals surface area (Å²) in [7, 11) is 0. The zero-order valence-corrected chi connectivity index (χ0v) is 18.5. The Balaban J connectivity index is 1.66. The number of fused-ring (bicyclic) bond motifs is 5. The van der Waals surface area contributed by atoms with Gasteiger partial charge in [-0.25, -0.2) is 0 Å². The smallest absolute Gasteiger partial charge is 0.303 e. The third kappa shape index (κ3) is 2.96. The number of aliphatic hydroxyl groups is 1. The van der Waals surface area contributed by atoms with E-state index in [-0.39, 0.29) is 34.6 Å². The van der Waals surface area contributed by atoms with Gasteiger partial charge in [-0.1, -0.05) is 33.3 Å². The number of carbonyl (C=O) groups is 2. The molecule has 0 unspecified atom stereocenters. The lowest BCUT2D eigenvalue weighted by Crippen LogP contribution is -2.61. The molecule has 8 atom stereocenters. The second-order valence-electron chi connectivity index (χ2n) is 11.4. The maximum Gasteiger partial charge on any atom is 0.303 e. The van der Waals surface area contributed by atoms with Crippen molar-refractivity contribution >= 4 is 11.8 Å². The fraction of sp³-hybridized carbons (Fsp3) is 0.840. The first kappa shape index (κ1) is 21.1. The van der Waals surface area contributed by atoms with Gasteiger partial charge >= 0.3 is 5.97 Å². The van der Waals surface area contributed by atoms with Crippen LogP contribution in [0.25, 0.3) is 0 Å². The molecule has 0 heterocycles. The first-order valence-electron chi connectivity index (χ1n) is 11.7. The van der Waals surface area contributed by atoms with Gasteiger partial charge in [0, 0.05) is 12.8 Å². The van der Waals surface area contributed by atoms with Crippen molar-refractivity contribution in [2.45, 2.75) is 91.6 Å². The number of hydrogen-bond acceptors (Lipinski definition) is 3. The summed E-state index contributed by atoms with van der Waals surface area (Å²) >= 11 is 0. The SMILES string of the molecule is C[C@H](CCC(=O)O)[C@H]1CC[C@H]2[C@]3(C)CCC4=CC(=O)CC[C@]4(C)[C@H]3C[C@H](O)[C@]12C. The van der Waals surface area contributed by atoms with E-state index in [1.54, 1.807) is 0 Å². The molecule has 0 amide bonds. The van der Waals surface area contributed by atoms with Gasteiger partial charge in [0.2, 0.25) is 0 Å².